The molecule has 2 aromatic rings. The van der Waals surface area contributed by atoms with Crippen molar-refractivity contribution in [1.29, 1.82) is 0 Å². The van der Waals surface area contributed by atoms with Gasteiger partial charge in [-0.15, -0.1) is 11.8 Å². The normalized spacial score (nSPS) is 10.6. The van der Waals surface area contributed by atoms with Crippen LogP contribution in [0.1, 0.15) is 21.9 Å². The summed E-state index contributed by atoms with van der Waals surface area (Å²) in [6.07, 6.45) is 0. The van der Waals surface area contributed by atoms with E-state index in [2.05, 4.69) is 5.32 Å². The van der Waals surface area contributed by atoms with Crippen LogP contribution in [-0.4, -0.2) is 18.2 Å². The van der Waals surface area contributed by atoms with Crippen molar-refractivity contribution in [1.82, 2.24) is 5.32 Å². The standard InChI is InChI=1S/C15H16ClNO2S/c1-10-9-14(11(2)19-10)15(18)17-7-8-20-13-5-3-12(16)4-6-13/h3-6,9H,7-8H2,1-2H3,(H,17,18). The molecule has 0 fully saturated rings. The zero-order valence-electron chi connectivity index (χ0n) is 11.4. The molecule has 1 heterocycles. The summed E-state index contributed by atoms with van der Waals surface area (Å²) >= 11 is 7.50. The van der Waals surface area contributed by atoms with Crippen LogP contribution >= 0.6 is 23.4 Å². The van der Waals surface area contributed by atoms with Gasteiger partial charge in [0.05, 0.1) is 5.56 Å². The first-order valence-electron chi connectivity index (χ1n) is 6.30. The number of nitrogens with one attached hydrogen (secondary N) is 1. The Labute approximate surface area is 127 Å². The molecular weight excluding hydrogens is 294 g/mol. The van der Waals surface area contributed by atoms with Gasteiger partial charge in [0.25, 0.3) is 5.91 Å². The summed E-state index contributed by atoms with van der Waals surface area (Å²) in [4.78, 5) is 13.1. The van der Waals surface area contributed by atoms with Gasteiger partial charge < -0.3 is 9.73 Å². The summed E-state index contributed by atoms with van der Waals surface area (Å²) in [7, 11) is 0. The first-order chi connectivity index (χ1) is 9.56. The van der Waals surface area contributed by atoms with E-state index < -0.39 is 0 Å². The molecule has 0 spiro atoms. The molecular formula is C15H16ClNO2S. The van der Waals surface area contributed by atoms with Crippen LogP contribution in [0.3, 0.4) is 0 Å². The lowest BCUT2D eigenvalue weighted by molar-refractivity contribution is 0.0954. The van der Waals surface area contributed by atoms with Crippen molar-refractivity contribution in [2.24, 2.45) is 0 Å². The fourth-order valence-electron chi connectivity index (χ4n) is 1.82. The number of benzene rings is 1. The van der Waals surface area contributed by atoms with Crippen LogP contribution in [0, 0.1) is 13.8 Å². The van der Waals surface area contributed by atoms with Gasteiger partial charge >= 0.3 is 0 Å². The van der Waals surface area contributed by atoms with Crippen molar-refractivity contribution in [3.8, 4) is 0 Å². The van der Waals surface area contributed by atoms with E-state index in [0.29, 0.717) is 17.9 Å². The molecule has 20 heavy (non-hydrogen) atoms. The molecule has 3 nitrogen and oxygen atoms in total. The van der Waals surface area contributed by atoms with Crippen LogP contribution in [0.5, 0.6) is 0 Å². The number of hydrogen-bond donors (Lipinski definition) is 1. The molecule has 0 aliphatic rings. The molecule has 0 aliphatic heterocycles. The Hall–Kier alpha value is -1.39. The van der Waals surface area contributed by atoms with E-state index in [1.54, 1.807) is 24.8 Å². The van der Waals surface area contributed by atoms with E-state index in [1.807, 2.05) is 31.2 Å². The van der Waals surface area contributed by atoms with Gasteiger partial charge in [-0.05, 0) is 44.2 Å². The predicted molar refractivity (Wildman–Crippen MR) is 82.7 cm³/mol. The zero-order valence-corrected chi connectivity index (χ0v) is 13.0. The quantitative estimate of drug-likeness (QED) is 0.668. The van der Waals surface area contributed by atoms with E-state index in [0.717, 1.165) is 21.4 Å². The van der Waals surface area contributed by atoms with Gasteiger partial charge in [0.1, 0.15) is 11.5 Å². The molecule has 0 saturated carbocycles. The number of hydrogen-bond acceptors (Lipinski definition) is 3. The summed E-state index contributed by atoms with van der Waals surface area (Å²) in [5, 5.41) is 3.62. The van der Waals surface area contributed by atoms with Crippen LogP contribution in [-0.2, 0) is 0 Å². The highest BCUT2D eigenvalue weighted by molar-refractivity contribution is 7.99. The first-order valence-corrected chi connectivity index (χ1v) is 7.66. The maximum Gasteiger partial charge on any atom is 0.254 e. The third-order valence-corrected chi connectivity index (χ3v) is 4.02. The SMILES string of the molecule is Cc1cc(C(=O)NCCSc2ccc(Cl)cc2)c(C)o1. The Bertz CT molecular complexity index is 592. The lowest BCUT2D eigenvalue weighted by Crippen LogP contribution is -2.25. The lowest BCUT2D eigenvalue weighted by atomic mass is 10.2. The molecule has 0 atom stereocenters. The Morgan fingerprint density at radius 2 is 2.00 bits per heavy atom. The van der Waals surface area contributed by atoms with Crippen molar-refractivity contribution in [2.75, 3.05) is 12.3 Å². The highest BCUT2D eigenvalue weighted by Crippen LogP contribution is 2.19. The largest absolute Gasteiger partial charge is 0.466 e. The molecule has 0 bridgehead atoms. The number of thioether (sulfide) groups is 1. The summed E-state index contributed by atoms with van der Waals surface area (Å²) in [6.45, 7) is 4.24. The van der Waals surface area contributed by atoms with Crippen LogP contribution < -0.4 is 5.32 Å². The van der Waals surface area contributed by atoms with Crippen molar-refractivity contribution in [3.05, 3.63) is 52.4 Å². The minimum Gasteiger partial charge on any atom is -0.466 e. The van der Waals surface area contributed by atoms with Crippen molar-refractivity contribution >= 4 is 29.3 Å². The van der Waals surface area contributed by atoms with Crippen LogP contribution in [0.2, 0.25) is 5.02 Å². The minimum atomic E-state index is -0.0870. The van der Waals surface area contributed by atoms with Crippen molar-refractivity contribution in [3.63, 3.8) is 0 Å². The molecule has 106 valence electrons. The molecule has 0 saturated heterocycles. The third kappa shape index (κ3) is 4.05. The van der Waals surface area contributed by atoms with E-state index >= 15 is 0 Å². The molecule has 0 radical (unpaired) electrons. The maximum absolute atomic E-state index is 11.9. The Morgan fingerprint density at radius 3 is 2.60 bits per heavy atom. The topological polar surface area (TPSA) is 42.2 Å². The zero-order chi connectivity index (χ0) is 14.5. The van der Waals surface area contributed by atoms with Gasteiger partial charge in [-0.3, -0.25) is 4.79 Å². The predicted octanol–water partition coefficient (Wildman–Crippen LogP) is 4.07. The highest BCUT2D eigenvalue weighted by atomic mass is 35.5. The summed E-state index contributed by atoms with van der Waals surface area (Å²) in [5.41, 5.74) is 0.610. The third-order valence-electron chi connectivity index (χ3n) is 2.76. The highest BCUT2D eigenvalue weighted by Gasteiger charge is 2.12. The average Bonchev–Trinajstić information content (AvgIpc) is 2.75. The number of amides is 1. The minimum absolute atomic E-state index is 0.0870. The molecule has 1 amide bonds. The van der Waals surface area contributed by atoms with Crippen molar-refractivity contribution < 1.29 is 9.21 Å². The van der Waals surface area contributed by atoms with Gasteiger partial charge in [-0.25, -0.2) is 0 Å². The summed E-state index contributed by atoms with van der Waals surface area (Å²) < 4.78 is 5.34. The molecule has 0 unspecified atom stereocenters. The Kier molecular flexibility index (Phi) is 5.15. The Balaban J connectivity index is 1.77. The van der Waals surface area contributed by atoms with Crippen molar-refractivity contribution in [2.45, 2.75) is 18.7 Å². The number of aryl methyl sites for hydroxylation is 2. The average molecular weight is 310 g/mol. The van der Waals surface area contributed by atoms with Gasteiger partial charge in [0.2, 0.25) is 0 Å². The van der Waals surface area contributed by atoms with E-state index in [-0.39, 0.29) is 5.91 Å². The number of rotatable bonds is 5. The van der Waals surface area contributed by atoms with Gasteiger partial charge in [0.15, 0.2) is 0 Å². The fourth-order valence-corrected chi connectivity index (χ4v) is 2.71. The maximum atomic E-state index is 11.9. The molecule has 1 aromatic carbocycles. The lowest BCUT2D eigenvalue weighted by Gasteiger charge is -2.04. The van der Waals surface area contributed by atoms with Gasteiger partial charge in [-0.2, -0.15) is 0 Å². The second-order valence-corrected chi connectivity index (χ2v) is 5.99. The van der Waals surface area contributed by atoms with E-state index in [9.17, 15) is 4.79 Å². The van der Waals surface area contributed by atoms with Crippen LogP contribution in [0.4, 0.5) is 0 Å². The molecule has 1 N–H and O–H groups in total. The van der Waals surface area contributed by atoms with Gasteiger partial charge in [0, 0.05) is 22.2 Å². The molecule has 0 aliphatic carbocycles. The summed E-state index contributed by atoms with van der Waals surface area (Å²) in [6, 6.07) is 9.42. The monoisotopic (exact) mass is 309 g/mol. The second-order valence-electron chi connectivity index (χ2n) is 4.39. The molecule has 1 aromatic heterocycles. The first kappa shape index (κ1) is 15.0. The number of carbonyl (C=O) groups is 1. The van der Waals surface area contributed by atoms with Gasteiger partial charge in [-0.1, -0.05) is 11.6 Å². The number of furan rings is 1. The smallest absolute Gasteiger partial charge is 0.254 e. The number of halogens is 1. The van der Waals surface area contributed by atoms with E-state index in [4.69, 9.17) is 16.0 Å². The molecule has 2 rings (SSSR count). The Morgan fingerprint density at radius 1 is 1.30 bits per heavy atom. The van der Waals surface area contributed by atoms with Crippen LogP contribution in [0.25, 0.3) is 0 Å². The molecule has 5 heteroatoms. The fraction of sp³-hybridized carbons (Fsp3) is 0.267. The number of carbonyl (C=O) groups excluding carboxylic acids is 1. The van der Waals surface area contributed by atoms with E-state index in [1.165, 1.54) is 0 Å². The van der Waals surface area contributed by atoms with Crippen LogP contribution in [0.15, 0.2) is 39.6 Å². The summed E-state index contributed by atoms with van der Waals surface area (Å²) in [5.74, 6) is 2.13. The second kappa shape index (κ2) is 6.86.